The van der Waals surface area contributed by atoms with Crippen molar-refractivity contribution in [2.75, 3.05) is 0 Å². The van der Waals surface area contributed by atoms with Crippen LogP contribution in [0.4, 0.5) is 0 Å². The normalized spacial score (nSPS) is 12.8. The second kappa shape index (κ2) is 6.00. The van der Waals surface area contributed by atoms with Crippen LogP contribution in [0.15, 0.2) is 52.3 Å². The van der Waals surface area contributed by atoms with Crippen LogP contribution in [0, 0.1) is 6.92 Å². The van der Waals surface area contributed by atoms with Crippen LogP contribution in [-0.4, -0.2) is 0 Å². The smallest absolute Gasteiger partial charge is 0.0488 e. The SMILES string of the molecule is Cc1ccccc1CC(Br)c1csc2c(Br)cccc12. The fourth-order valence-electron chi connectivity index (χ4n) is 2.43. The molecule has 0 N–H and O–H groups in total. The van der Waals surface area contributed by atoms with Crippen LogP contribution in [0.1, 0.15) is 21.5 Å². The van der Waals surface area contributed by atoms with E-state index in [0.717, 1.165) is 6.42 Å². The molecular weight excluding hydrogens is 396 g/mol. The molecular formula is C17H14Br2S. The first kappa shape index (κ1) is 14.3. The molecule has 0 nitrogen and oxygen atoms in total. The van der Waals surface area contributed by atoms with Gasteiger partial charge >= 0.3 is 0 Å². The molecule has 1 aromatic heterocycles. The second-order valence-electron chi connectivity index (χ2n) is 4.91. The quantitative estimate of drug-likeness (QED) is 0.424. The molecule has 2 aromatic carbocycles. The lowest BCUT2D eigenvalue weighted by atomic mass is 10.0. The lowest BCUT2D eigenvalue weighted by Gasteiger charge is -2.11. The summed E-state index contributed by atoms with van der Waals surface area (Å²) in [5, 5.41) is 3.62. The standard InChI is InChI=1S/C17H14Br2S/c1-11-5-2-3-6-12(11)9-16(19)14-10-20-17-13(14)7-4-8-15(17)18/h2-8,10,16H,9H2,1H3. The number of thiophene rings is 1. The zero-order chi connectivity index (χ0) is 14.1. The maximum Gasteiger partial charge on any atom is 0.0488 e. The molecule has 0 saturated carbocycles. The van der Waals surface area contributed by atoms with E-state index >= 15 is 0 Å². The van der Waals surface area contributed by atoms with Crippen LogP contribution in [0.2, 0.25) is 0 Å². The van der Waals surface area contributed by atoms with Gasteiger partial charge in [-0.25, -0.2) is 0 Å². The van der Waals surface area contributed by atoms with E-state index in [1.807, 2.05) is 0 Å². The molecule has 1 atom stereocenters. The van der Waals surface area contributed by atoms with Crippen LogP contribution in [0.5, 0.6) is 0 Å². The molecule has 20 heavy (non-hydrogen) atoms. The molecule has 0 fully saturated rings. The Morgan fingerprint density at radius 3 is 2.70 bits per heavy atom. The van der Waals surface area contributed by atoms with Crippen LogP contribution < -0.4 is 0 Å². The number of benzene rings is 2. The van der Waals surface area contributed by atoms with Crippen molar-refractivity contribution in [2.24, 2.45) is 0 Å². The zero-order valence-corrected chi connectivity index (χ0v) is 15.1. The molecule has 1 heterocycles. The van der Waals surface area contributed by atoms with Crippen LogP contribution >= 0.6 is 43.2 Å². The van der Waals surface area contributed by atoms with E-state index in [-0.39, 0.29) is 0 Å². The third-order valence-electron chi connectivity index (χ3n) is 3.58. The Balaban J connectivity index is 1.95. The minimum Gasteiger partial charge on any atom is -0.142 e. The Kier molecular flexibility index (Phi) is 4.29. The first-order chi connectivity index (χ1) is 9.66. The average molecular weight is 410 g/mol. The van der Waals surface area contributed by atoms with E-state index in [0.29, 0.717) is 4.83 Å². The monoisotopic (exact) mass is 408 g/mol. The highest BCUT2D eigenvalue weighted by atomic mass is 79.9. The average Bonchev–Trinajstić information content (AvgIpc) is 2.87. The largest absolute Gasteiger partial charge is 0.142 e. The fraction of sp³-hybridized carbons (Fsp3) is 0.176. The van der Waals surface area contributed by atoms with Crippen LogP contribution in [0.25, 0.3) is 10.1 Å². The number of rotatable bonds is 3. The van der Waals surface area contributed by atoms with E-state index in [2.05, 4.69) is 86.6 Å². The van der Waals surface area contributed by atoms with Gasteiger partial charge in [0.1, 0.15) is 0 Å². The molecule has 0 aliphatic heterocycles. The summed E-state index contributed by atoms with van der Waals surface area (Å²) in [4.78, 5) is 0.353. The van der Waals surface area contributed by atoms with Gasteiger partial charge in [0.25, 0.3) is 0 Å². The van der Waals surface area contributed by atoms with Crippen molar-refractivity contribution >= 4 is 53.3 Å². The molecule has 0 radical (unpaired) electrons. The predicted molar refractivity (Wildman–Crippen MR) is 96.1 cm³/mol. The summed E-state index contributed by atoms with van der Waals surface area (Å²) >= 11 is 9.31. The number of hydrogen-bond donors (Lipinski definition) is 0. The molecule has 3 rings (SSSR count). The number of aryl methyl sites for hydroxylation is 1. The van der Waals surface area contributed by atoms with Crippen LogP contribution in [-0.2, 0) is 6.42 Å². The first-order valence-electron chi connectivity index (χ1n) is 6.51. The number of alkyl halides is 1. The maximum absolute atomic E-state index is 3.87. The lowest BCUT2D eigenvalue weighted by molar-refractivity contribution is 0.950. The van der Waals surface area contributed by atoms with Crippen molar-refractivity contribution in [1.82, 2.24) is 0 Å². The summed E-state index contributed by atoms with van der Waals surface area (Å²) in [6.07, 6.45) is 1.02. The van der Waals surface area contributed by atoms with Gasteiger partial charge in [-0.15, -0.1) is 11.3 Å². The molecule has 1 unspecified atom stereocenters. The van der Waals surface area contributed by atoms with E-state index in [9.17, 15) is 0 Å². The van der Waals surface area contributed by atoms with Gasteiger partial charge in [-0.1, -0.05) is 52.3 Å². The Labute approximate surface area is 140 Å². The third-order valence-corrected chi connectivity index (χ3v) is 6.37. The Morgan fingerprint density at radius 1 is 1.10 bits per heavy atom. The zero-order valence-electron chi connectivity index (χ0n) is 11.1. The maximum atomic E-state index is 3.87. The lowest BCUT2D eigenvalue weighted by Crippen LogP contribution is -1.96. The summed E-state index contributed by atoms with van der Waals surface area (Å²) in [5.41, 5.74) is 4.15. The topological polar surface area (TPSA) is 0 Å². The highest BCUT2D eigenvalue weighted by Crippen LogP contribution is 2.39. The van der Waals surface area contributed by atoms with Gasteiger partial charge in [0.05, 0.1) is 0 Å². The van der Waals surface area contributed by atoms with E-state index in [1.165, 1.54) is 31.2 Å². The second-order valence-corrected chi connectivity index (χ2v) is 7.75. The molecule has 0 spiro atoms. The Hall–Kier alpha value is -0.640. The van der Waals surface area contributed by atoms with Crippen LogP contribution in [0.3, 0.4) is 0 Å². The summed E-state index contributed by atoms with van der Waals surface area (Å²) in [6, 6.07) is 15.0. The third kappa shape index (κ3) is 2.72. The van der Waals surface area contributed by atoms with Gasteiger partial charge in [-0.05, 0) is 62.8 Å². The van der Waals surface area contributed by atoms with Crippen molar-refractivity contribution in [2.45, 2.75) is 18.2 Å². The molecule has 3 heteroatoms. The van der Waals surface area contributed by atoms with E-state index in [1.54, 1.807) is 11.3 Å². The first-order valence-corrected chi connectivity index (χ1v) is 9.10. The predicted octanol–water partition coefficient (Wildman–Crippen LogP) is 6.65. The highest BCUT2D eigenvalue weighted by molar-refractivity contribution is 9.10. The summed E-state index contributed by atoms with van der Waals surface area (Å²) in [6.45, 7) is 2.18. The number of hydrogen-bond acceptors (Lipinski definition) is 1. The minimum absolute atomic E-state index is 0.353. The van der Waals surface area contributed by atoms with Gasteiger partial charge in [0, 0.05) is 14.0 Å². The Bertz CT molecular complexity index is 746. The van der Waals surface area contributed by atoms with Gasteiger partial charge in [0.2, 0.25) is 0 Å². The van der Waals surface area contributed by atoms with Crippen molar-refractivity contribution < 1.29 is 0 Å². The van der Waals surface area contributed by atoms with Crippen molar-refractivity contribution in [1.29, 1.82) is 0 Å². The molecule has 0 saturated heterocycles. The van der Waals surface area contributed by atoms with Gasteiger partial charge in [-0.3, -0.25) is 0 Å². The summed E-state index contributed by atoms with van der Waals surface area (Å²) in [5.74, 6) is 0. The van der Waals surface area contributed by atoms with Gasteiger partial charge in [0.15, 0.2) is 0 Å². The van der Waals surface area contributed by atoms with Crippen molar-refractivity contribution in [3.05, 3.63) is 69.0 Å². The molecule has 3 aromatic rings. The molecule has 0 bridgehead atoms. The summed E-state index contributed by atoms with van der Waals surface area (Å²) in [7, 11) is 0. The van der Waals surface area contributed by atoms with Crippen molar-refractivity contribution in [3.8, 4) is 0 Å². The molecule has 0 amide bonds. The minimum atomic E-state index is 0.353. The number of fused-ring (bicyclic) bond motifs is 1. The molecule has 102 valence electrons. The van der Waals surface area contributed by atoms with Gasteiger partial charge < -0.3 is 0 Å². The van der Waals surface area contributed by atoms with E-state index < -0.39 is 0 Å². The highest BCUT2D eigenvalue weighted by Gasteiger charge is 2.15. The molecule has 0 aliphatic rings. The van der Waals surface area contributed by atoms with Crippen molar-refractivity contribution in [3.63, 3.8) is 0 Å². The fourth-order valence-corrected chi connectivity index (χ4v) is 5.01. The molecule has 0 aliphatic carbocycles. The summed E-state index contributed by atoms with van der Waals surface area (Å²) < 4.78 is 2.51. The van der Waals surface area contributed by atoms with E-state index in [4.69, 9.17) is 0 Å². The number of halogens is 2. The Morgan fingerprint density at radius 2 is 1.90 bits per heavy atom. The van der Waals surface area contributed by atoms with Gasteiger partial charge in [-0.2, -0.15) is 0 Å².